The van der Waals surface area contributed by atoms with Gasteiger partial charge in [-0.05, 0) is 37.2 Å². The molecule has 1 aromatic rings. The molecule has 2 saturated heterocycles. The van der Waals surface area contributed by atoms with Crippen LogP contribution in [0.2, 0.25) is 0 Å². The van der Waals surface area contributed by atoms with E-state index in [9.17, 15) is 14.4 Å². The minimum absolute atomic E-state index is 0.0166. The third kappa shape index (κ3) is 5.81. The second-order valence-electron chi connectivity index (χ2n) is 8.67. The molecule has 2 aliphatic rings. The molecule has 3 amide bonds. The van der Waals surface area contributed by atoms with Crippen molar-refractivity contribution in [1.29, 1.82) is 0 Å². The molecule has 1 aromatic carbocycles. The highest BCUT2D eigenvalue weighted by Gasteiger charge is 2.35. The van der Waals surface area contributed by atoms with Gasteiger partial charge in [-0.15, -0.1) is 0 Å². The van der Waals surface area contributed by atoms with Crippen molar-refractivity contribution in [3.8, 4) is 0 Å². The number of rotatable bonds is 6. The van der Waals surface area contributed by atoms with Gasteiger partial charge in [-0.1, -0.05) is 44.2 Å². The molecule has 2 heterocycles. The lowest BCUT2D eigenvalue weighted by atomic mass is 10.0. The number of carbonyl (C=O) groups is 3. The van der Waals surface area contributed by atoms with Crippen LogP contribution in [-0.4, -0.2) is 59.2 Å². The Morgan fingerprint density at radius 2 is 1.69 bits per heavy atom. The molecular weight excluding hydrogens is 366 g/mol. The minimum Gasteiger partial charge on any atom is -0.351 e. The maximum absolute atomic E-state index is 12.9. The molecule has 1 unspecified atom stereocenters. The Labute approximate surface area is 173 Å². The summed E-state index contributed by atoms with van der Waals surface area (Å²) in [5.74, 6) is 0.541. The molecule has 0 aromatic heterocycles. The van der Waals surface area contributed by atoms with Crippen LogP contribution in [0.25, 0.3) is 0 Å². The molecule has 6 heteroatoms. The summed E-state index contributed by atoms with van der Waals surface area (Å²) >= 11 is 0. The van der Waals surface area contributed by atoms with Gasteiger partial charge < -0.3 is 15.1 Å². The first-order valence-electron chi connectivity index (χ1n) is 10.9. The molecule has 0 aliphatic carbocycles. The first-order chi connectivity index (χ1) is 13.9. The summed E-state index contributed by atoms with van der Waals surface area (Å²) in [5.41, 5.74) is 0.974. The van der Waals surface area contributed by atoms with E-state index in [-0.39, 0.29) is 29.8 Å². The van der Waals surface area contributed by atoms with Gasteiger partial charge >= 0.3 is 0 Å². The van der Waals surface area contributed by atoms with Crippen molar-refractivity contribution in [1.82, 2.24) is 15.1 Å². The van der Waals surface area contributed by atoms with Crippen molar-refractivity contribution in [2.45, 2.75) is 64.5 Å². The lowest BCUT2D eigenvalue weighted by Crippen LogP contribution is -2.52. The molecule has 1 N–H and O–H groups in total. The number of likely N-dealkylation sites (tertiary alicyclic amines) is 2. The van der Waals surface area contributed by atoms with Gasteiger partial charge in [-0.25, -0.2) is 0 Å². The van der Waals surface area contributed by atoms with E-state index in [1.807, 2.05) is 35.2 Å². The molecule has 1 atom stereocenters. The van der Waals surface area contributed by atoms with E-state index in [4.69, 9.17) is 0 Å². The monoisotopic (exact) mass is 399 g/mol. The van der Waals surface area contributed by atoms with Gasteiger partial charge in [-0.2, -0.15) is 0 Å². The van der Waals surface area contributed by atoms with Crippen LogP contribution in [0.4, 0.5) is 0 Å². The Balaban J connectivity index is 1.49. The van der Waals surface area contributed by atoms with Gasteiger partial charge in [0.1, 0.15) is 6.04 Å². The third-order valence-corrected chi connectivity index (χ3v) is 5.85. The standard InChI is InChI=1S/C23H33N3O3/c1-17(2)15-21(27)25-13-10-19(11-14-25)24-23(29)20-9-6-12-26(20)22(28)16-18-7-4-3-5-8-18/h3-5,7-8,17,19-20H,6,9-16H2,1-2H3,(H,24,29). The number of piperidine rings is 1. The van der Waals surface area contributed by atoms with Crippen LogP contribution in [0.3, 0.4) is 0 Å². The van der Waals surface area contributed by atoms with Crippen molar-refractivity contribution in [3.63, 3.8) is 0 Å². The maximum Gasteiger partial charge on any atom is 0.243 e. The van der Waals surface area contributed by atoms with E-state index in [1.54, 1.807) is 4.90 Å². The molecule has 0 radical (unpaired) electrons. The van der Waals surface area contributed by atoms with Crippen molar-refractivity contribution in [2.24, 2.45) is 5.92 Å². The van der Waals surface area contributed by atoms with Crippen LogP contribution in [0.15, 0.2) is 30.3 Å². The number of benzene rings is 1. The second-order valence-corrected chi connectivity index (χ2v) is 8.67. The van der Waals surface area contributed by atoms with E-state index < -0.39 is 0 Å². The van der Waals surface area contributed by atoms with Gasteiger partial charge in [0.25, 0.3) is 0 Å². The molecule has 29 heavy (non-hydrogen) atoms. The number of nitrogens with zero attached hydrogens (tertiary/aromatic N) is 2. The fourth-order valence-corrected chi connectivity index (χ4v) is 4.26. The van der Waals surface area contributed by atoms with E-state index >= 15 is 0 Å². The lowest BCUT2D eigenvalue weighted by molar-refractivity contribution is -0.138. The summed E-state index contributed by atoms with van der Waals surface area (Å²) in [6.07, 6.45) is 4.05. The lowest BCUT2D eigenvalue weighted by Gasteiger charge is -2.34. The van der Waals surface area contributed by atoms with E-state index in [1.165, 1.54) is 0 Å². The van der Waals surface area contributed by atoms with Crippen molar-refractivity contribution >= 4 is 17.7 Å². The van der Waals surface area contributed by atoms with Gasteiger partial charge in [-0.3, -0.25) is 14.4 Å². The zero-order valence-corrected chi connectivity index (χ0v) is 17.6. The Morgan fingerprint density at radius 1 is 1.00 bits per heavy atom. The summed E-state index contributed by atoms with van der Waals surface area (Å²) in [6, 6.07) is 9.38. The highest BCUT2D eigenvalue weighted by Crippen LogP contribution is 2.20. The quantitative estimate of drug-likeness (QED) is 0.798. The number of amides is 3. The van der Waals surface area contributed by atoms with Crippen LogP contribution in [0.5, 0.6) is 0 Å². The summed E-state index contributed by atoms with van der Waals surface area (Å²) in [5, 5.41) is 3.14. The average molecular weight is 400 g/mol. The van der Waals surface area contributed by atoms with Gasteiger partial charge in [0.15, 0.2) is 0 Å². The van der Waals surface area contributed by atoms with Gasteiger partial charge in [0, 0.05) is 32.1 Å². The summed E-state index contributed by atoms with van der Waals surface area (Å²) in [7, 11) is 0. The molecule has 0 bridgehead atoms. The molecule has 158 valence electrons. The van der Waals surface area contributed by atoms with Crippen molar-refractivity contribution in [3.05, 3.63) is 35.9 Å². The van der Waals surface area contributed by atoms with E-state index in [0.29, 0.717) is 38.4 Å². The van der Waals surface area contributed by atoms with Crippen LogP contribution in [-0.2, 0) is 20.8 Å². The molecular formula is C23H33N3O3. The predicted octanol–water partition coefficient (Wildman–Crippen LogP) is 2.37. The van der Waals surface area contributed by atoms with Crippen molar-refractivity contribution in [2.75, 3.05) is 19.6 Å². The fraction of sp³-hybridized carbons (Fsp3) is 0.609. The molecule has 2 fully saturated rings. The largest absolute Gasteiger partial charge is 0.351 e. The average Bonchev–Trinajstić information content (AvgIpc) is 3.19. The van der Waals surface area contributed by atoms with Crippen molar-refractivity contribution < 1.29 is 14.4 Å². The Morgan fingerprint density at radius 3 is 2.34 bits per heavy atom. The number of nitrogens with one attached hydrogen (secondary N) is 1. The number of hydrogen-bond donors (Lipinski definition) is 1. The van der Waals surface area contributed by atoms with E-state index in [2.05, 4.69) is 19.2 Å². The molecule has 6 nitrogen and oxygen atoms in total. The van der Waals surface area contributed by atoms with E-state index in [0.717, 1.165) is 31.2 Å². The van der Waals surface area contributed by atoms with Crippen LogP contribution >= 0.6 is 0 Å². The summed E-state index contributed by atoms with van der Waals surface area (Å²) in [6.45, 7) is 6.14. The highest BCUT2D eigenvalue weighted by atomic mass is 16.2. The van der Waals surface area contributed by atoms with Gasteiger partial charge in [0.05, 0.1) is 6.42 Å². The molecule has 0 spiro atoms. The number of carbonyl (C=O) groups excluding carboxylic acids is 3. The predicted molar refractivity (Wildman–Crippen MR) is 112 cm³/mol. The van der Waals surface area contributed by atoms with Crippen LogP contribution in [0, 0.1) is 5.92 Å². The SMILES string of the molecule is CC(C)CC(=O)N1CCC(NC(=O)C2CCCN2C(=O)Cc2ccccc2)CC1. The first-order valence-corrected chi connectivity index (χ1v) is 10.9. The smallest absolute Gasteiger partial charge is 0.243 e. The molecule has 2 aliphatic heterocycles. The molecule has 0 saturated carbocycles. The van der Waals surface area contributed by atoms with Crippen LogP contribution in [0.1, 0.15) is 51.5 Å². The minimum atomic E-state index is -0.369. The normalized spacial score (nSPS) is 20.2. The topological polar surface area (TPSA) is 69.7 Å². The Hall–Kier alpha value is -2.37. The second kappa shape index (κ2) is 9.90. The fourth-order valence-electron chi connectivity index (χ4n) is 4.26. The first kappa shape index (κ1) is 21.3. The zero-order chi connectivity index (χ0) is 20.8. The summed E-state index contributed by atoms with van der Waals surface area (Å²) in [4.78, 5) is 41.4. The Bertz CT molecular complexity index is 711. The highest BCUT2D eigenvalue weighted by molar-refractivity contribution is 5.89. The Kier molecular flexibility index (Phi) is 7.29. The maximum atomic E-state index is 12.9. The third-order valence-electron chi connectivity index (χ3n) is 5.85. The summed E-state index contributed by atoms with van der Waals surface area (Å²) < 4.78 is 0. The molecule has 3 rings (SSSR count). The zero-order valence-electron chi connectivity index (χ0n) is 17.6. The van der Waals surface area contributed by atoms with Gasteiger partial charge in [0.2, 0.25) is 17.7 Å². The van der Waals surface area contributed by atoms with Crippen LogP contribution < -0.4 is 5.32 Å². The number of hydrogen-bond acceptors (Lipinski definition) is 3.